The van der Waals surface area contributed by atoms with Gasteiger partial charge in [-0.2, -0.15) is 0 Å². The zero-order valence-electron chi connectivity index (χ0n) is 11.7. The Hall–Kier alpha value is -1.64. The Bertz CT molecular complexity index is 587. The summed E-state index contributed by atoms with van der Waals surface area (Å²) in [5.41, 5.74) is 0.986. The van der Waals surface area contributed by atoms with E-state index in [0.29, 0.717) is 21.3 Å². The molecular weight excluding hydrogens is 286 g/mol. The number of ether oxygens (including phenoxy) is 1. The molecule has 0 aliphatic heterocycles. The summed E-state index contributed by atoms with van der Waals surface area (Å²) in [5.74, 6) is -0.705. The molecule has 0 fully saturated rings. The van der Waals surface area contributed by atoms with Crippen LogP contribution in [0.3, 0.4) is 0 Å². The quantitative estimate of drug-likeness (QED) is 0.786. The summed E-state index contributed by atoms with van der Waals surface area (Å²) in [7, 11) is -1.28. The van der Waals surface area contributed by atoms with Crippen LogP contribution in [0.5, 0.6) is 5.75 Å². The molecule has 8 heteroatoms. The van der Waals surface area contributed by atoms with Crippen molar-refractivity contribution < 1.29 is 27.9 Å². The van der Waals surface area contributed by atoms with E-state index >= 15 is 0 Å². The molecule has 0 spiro atoms. The summed E-state index contributed by atoms with van der Waals surface area (Å²) >= 11 is 0. The molecule has 0 atom stereocenters. The molecule has 112 valence electrons. The van der Waals surface area contributed by atoms with Crippen LogP contribution in [0.4, 0.5) is 0 Å². The molecule has 0 saturated carbocycles. The fraction of sp³-hybridized carbons (Fsp3) is 0.417. The van der Waals surface area contributed by atoms with Crippen molar-refractivity contribution in [3.05, 3.63) is 23.3 Å². The topological polar surface area (TPSA) is 93.1 Å². The molecule has 1 aromatic rings. The second-order valence-electron chi connectivity index (χ2n) is 4.17. The smallest absolute Gasteiger partial charge is 0.331 e. The van der Waals surface area contributed by atoms with E-state index in [0.717, 1.165) is 7.05 Å². The van der Waals surface area contributed by atoms with Crippen molar-refractivity contribution in [2.24, 2.45) is 0 Å². The fourth-order valence-corrected chi connectivity index (χ4v) is 3.16. The van der Waals surface area contributed by atoms with Gasteiger partial charge >= 0.3 is 5.97 Å². The van der Waals surface area contributed by atoms with Gasteiger partial charge in [0.25, 0.3) is 10.0 Å². The Morgan fingerprint density at radius 2 is 1.80 bits per heavy atom. The highest BCUT2D eigenvalue weighted by molar-refractivity contribution is 7.89. The average molecular weight is 303 g/mol. The number of nitrogens with zero attached hydrogens (tertiary/aromatic N) is 1. The Morgan fingerprint density at radius 1 is 1.30 bits per heavy atom. The van der Waals surface area contributed by atoms with Crippen molar-refractivity contribution >= 4 is 16.0 Å². The summed E-state index contributed by atoms with van der Waals surface area (Å²) in [6.07, 6.45) is 0. The first-order valence-electron chi connectivity index (χ1n) is 5.69. The van der Waals surface area contributed by atoms with Gasteiger partial charge in [-0.1, -0.05) is 4.47 Å². The van der Waals surface area contributed by atoms with Gasteiger partial charge < -0.3 is 9.84 Å². The molecule has 1 N–H and O–H groups in total. The third-order valence-electron chi connectivity index (χ3n) is 2.64. The second kappa shape index (κ2) is 6.21. The second-order valence-corrected chi connectivity index (χ2v) is 6.04. The van der Waals surface area contributed by atoms with E-state index in [-0.39, 0.29) is 4.90 Å². The predicted molar refractivity (Wildman–Crippen MR) is 71.0 cm³/mol. The van der Waals surface area contributed by atoms with Crippen LogP contribution in [0.1, 0.15) is 11.1 Å². The van der Waals surface area contributed by atoms with Gasteiger partial charge in [-0.3, -0.25) is 4.84 Å². The number of methoxy groups -OCH3 is 1. The van der Waals surface area contributed by atoms with Crippen LogP contribution in [0.2, 0.25) is 0 Å². The van der Waals surface area contributed by atoms with Gasteiger partial charge in [-0.25, -0.2) is 13.2 Å². The maximum Gasteiger partial charge on any atom is 0.331 e. The van der Waals surface area contributed by atoms with E-state index in [1.165, 1.54) is 7.11 Å². The number of carboxylic acids is 1. The standard InChI is InChI=1S/C12H17NO6S/c1-8-5-10(18-4)6-9(2)12(8)20(16,17)13(3)19-7-11(14)15/h5-6H,7H2,1-4H3,(H,14,15). The minimum atomic E-state index is -3.93. The summed E-state index contributed by atoms with van der Waals surface area (Å²) < 4.78 is 30.3. The van der Waals surface area contributed by atoms with E-state index in [1.807, 2.05) is 0 Å². The lowest BCUT2D eigenvalue weighted by molar-refractivity contribution is -0.153. The van der Waals surface area contributed by atoms with Crippen LogP contribution in [-0.2, 0) is 19.7 Å². The lowest BCUT2D eigenvalue weighted by atomic mass is 10.1. The highest BCUT2D eigenvalue weighted by Gasteiger charge is 2.26. The van der Waals surface area contributed by atoms with Gasteiger partial charge in [0.15, 0.2) is 6.61 Å². The monoisotopic (exact) mass is 303 g/mol. The highest BCUT2D eigenvalue weighted by Crippen LogP contribution is 2.27. The predicted octanol–water partition coefficient (Wildman–Crippen LogP) is 0.949. The molecule has 0 aliphatic carbocycles. The van der Waals surface area contributed by atoms with Crippen LogP contribution in [-0.4, -0.2) is 44.7 Å². The van der Waals surface area contributed by atoms with Gasteiger partial charge in [0.2, 0.25) is 0 Å². The van der Waals surface area contributed by atoms with Crippen LogP contribution in [0.15, 0.2) is 17.0 Å². The van der Waals surface area contributed by atoms with Gasteiger partial charge in [0.1, 0.15) is 5.75 Å². The largest absolute Gasteiger partial charge is 0.497 e. The van der Waals surface area contributed by atoms with Crippen molar-refractivity contribution in [2.75, 3.05) is 20.8 Å². The Balaban J connectivity index is 3.19. The third kappa shape index (κ3) is 3.47. The normalized spacial score (nSPS) is 11.7. The molecule has 20 heavy (non-hydrogen) atoms. The number of sulfonamides is 1. The maximum absolute atomic E-state index is 12.4. The molecule has 0 radical (unpaired) electrons. The van der Waals surface area contributed by atoms with Crippen molar-refractivity contribution in [3.8, 4) is 5.75 Å². The Kier molecular flexibility index (Phi) is 5.09. The molecular formula is C12H17NO6S. The summed E-state index contributed by atoms with van der Waals surface area (Å²) in [5, 5.41) is 8.51. The average Bonchev–Trinajstić information content (AvgIpc) is 2.34. The first kappa shape index (κ1) is 16.4. The van der Waals surface area contributed by atoms with Crippen molar-refractivity contribution in [2.45, 2.75) is 18.7 Å². The molecule has 0 saturated heterocycles. The molecule has 0 aliphatic rings. The summed E-state index contributed by atoms with van der Waals surface area (Å²) in [6.45, 7) is 2.53. The number of hydrogen-bond donors (Lipinski definition) is 1. The van der Waals surface area contributed by atoms with E-state index in [4.69, 9.17) is 14.7 Å². The van der Waals surface area contributed by atoms with Gasteiger partial charge in [-0.15, -0.1) is 0 Å². The lowest BCUT2D eigenvalue weighted by Crippen LogP contribution is -2.30. The number of benzene rings is 1. The minimum Gasteiger partial charge on any atom is -0.497 e. The van der Waals surface area contributed by atoms with E-state index in [9.17, 15) is 13.2 Å². The number of hydrogen-bond acceptors (Lipinski definition) is 5. The number of carbonyl (C=O) groups is 1. The fourth-order valence-electron chi connectivity index (χ4n) is 1.78. The molecule has 0 bridgehead atoms. The summed E-state index contributed by atoms with van der Waals surface area (Å²) in [6, 6.07) is 3.18. The number of aliphatic carboxylic acids is 1. The van der Waals surface area contributed by atoms with Crippen molar-refractivity contribution in [3.63, 3.8) is 0 Å². The minimum absolute atomic E-state index is 0.0752. The molecule has 1 aromatic carbocycles. The van der Waals surface area contributed by atoms with Crippen LogP contribution in [0, 0.1) is 13.8 Å². The van der Waals surface area contributed by atoms with E-state index < -0.39 is 22.6 Å². The maximum atomic E-state index is 12.4. The van der Waals surface area contributed by atoms with Crippen molar-refractivity contribution in [1.82, 2.24) is 4.47 Å². The first-order chi connectivity index (χ1) is 9.20. The molecule has 0 heterocycles. The third-order valence-corrected chi connectivity index (χ3v) is 4.58. The van der Waals surface area contributed by atoms with Crippen LogP contribution in [0.25, 0.3) is 0 Å². The lowest BCUT2D eigenvalue weighted by Gasteiger charge is -2.19. The SMILES string of the molecule is COc1cc(C)c(S(=O)(=O)N(C)OCC(=O)O)c(C)c1. The first-order valence-corrected chi connectivity index (χ1v) is 7.13. The summed E-state index contributed by atoms with van der Waals surface area (Å²) in [4.78, 5) is 15.2. The van der Waals surface area contributed by atoms with E-state index in [1.54, 1.807) is 26.0 Å². The van der Waals surface area contributed by atoms with Gasteiger partial charge in [0.05, 0.1) is 12.0 Å². The molecule has 1 rings (SSSR count). The van der Waals surface area contributed by atoms with Crippen LogP contribution < -0.4 is 4.74 Å². The number of aryl methyl sites for hydroxylation is 2. The molecule has 0 unspecified atom stereocenters. The van der Waals surface area contributed by atoms with Gasteiger partial charge in [0, 0.05) is 7.05 Å². The zero-order valence-corrected chi connectivity index (χ0v) is 12.5. The van der Waals surface area contributed by atoms with Gasteiger partial charge in [-0.05, 0) is 37.1 Å². The number of carboxylic acid groups (broad SMARTS) is 1. The molecule has 0 aromatic heterocycles. The number of hydroxylamine groups is 1. The van der Waals surface area contributed by atoms with E-state index in [2.05, 4.69) is 0 Å². The van der Waals surface area contributed by atoms with Crippen molar-refractivity contribution in [1.29, 1.82) is 0 Å². The molecule has 0 amide bonds. The molecule has 7 nitrogen and oxygen atoms in total. The number of rotatable bonds is 6. The Labute approximate surface area is 117 Å². The Morgan fingerprint density at radius 3 is 2.20 bits per heavy atom. The van der Waals surface area contributed by atoms with Crippen LogP contribution >= 0.6 is 0 Å². The highest BCUT2D eigenvalue weighted by atomic mass is 32.2. The zero-order chi connectivity index (χ0) is 15.5.